The van der Waals surface area contributed by atoms with E-state index in [0.717, 1.165) is 44.3 Å². The summed E-state index contributed by atoms with van der Waals surface area (Å²) in [6.07, 6.45) is 6.42. The molecule has 0 bridgehead atoms. The predicted octanol–water partition coefficient (Wildman–Crippen LogP) is 3.74. The van der Waals surface area contributed by atoms with Crippen molar-refractivity contribution in [3.8, 4) is 5.75 Å². The number of hydrogen-bond donors (Lipinski definition) is 2. The minimum atomic E-state index is -0.305. The molecule has 0 spiro atoms. The zero-order chi connectivity index (χ0) is 21.2. The number of aryl methyl sites for hydroxylation is 1. The molecule has 1 aliphatic rings. The van der Waals surface area contributed by atoms with Gasteiger partial charge in [0, 0.05) is 13.1 Å². The third-order valence-electron chi connectivity index (χ3n) is 5.69. The topological polar surface area (TPSA) is 70.7 Å². The van der Waals surface area contributed by atoms with Crippen molar-refractivity contribution in [3.05, 3.63) is 23.8 Å². The highest BCUT2D eigenvalue weighted by molar-refractivity contribution is 5.96. The van der Waals surface area contributed by atoms with Crippen molar-refractivity contribution in [1.29, 1.82) is 0 Å². The molecular weight excluding hydrogens is 366 g/mol. The van der Waals surface area contributed by atoms with Crippen molar-refractivity contribution in [2.75, 3.05) is 32.1 Å². The molecule has 0 aromatic heterocycles. The Balaban J connectivity index is 1.88. The third-order valence-corrected chi connectivity index (χ3v) is 5.69. The Morgan fingerprint density at radius 1 is 1.28 bits per heavy atom. The maximum Gasteiger partial charge on any atom is 0.241 e. The van der Waals surface area contributed by atoms with E-state index < -0.39 is 0 Å². The monoisotopic (exact) mass is 403 g/mol. The van der Waals surface area contributed by atoms with Gasteiger partial charge in [-0.25, -0.2) is 0 Å². The largest absolute Gasteiger partial charge is 0.495 e. The minimum Gasteiger partial charge on any atom is -0.495 e. The standard InChI is InChI=1S/C23H37N3O3/c1-5-6-7-8-13-24-23(28)19-10-9-14-26(16-19)18(3)22(27)25-20-15-17(2)11-12-21(20)29-4/h11-12,15,18-19H,5-10,13-14,16H2,1-4H3,(H,24,28)(H,25,27)/t18-,19-/m1/s1. The number of hydrogen-bond acceptors (Lipinski definition) is 4. The number of rotatable bonds is 10. The Morgan fingerprint density at radius 3 is 2.79 bits per heavy atom. The van der Waals surface area contributed by atoms with Crippen LogP contribution >= 0.6 is 0 Å². The second kappa shape index (κ2) is 11.8. The van der Waals surface area contributed by atoms with Crippen molar-refractivity contribution in [2.45, 2.75) is 65.3 Å². The number of methoxy groups -OCH3 is 1. The van der Waals surface area contributed by atoms with Crippen LogP contribution in [0.1, 0.15) is 57.9 Å². The van der Waals surface area contributed by atoms with E-state index in [1.165, 1.54) is 12.8 Å². The van der Waals surface area contributed by atoms with Crippen LogP contribution in [0.4, 0.5) is 5.69 Å². The third kappa shape index (κ3) is 7.03. The van der Waals surface area contributed by atoms with Crippen molar-refractivity contribution in [2.24, 2.45) is 5.92 Å². The van der Waals surface area contributed by atoms with Crippen LogP contribution in [0.5, 0.6) is 5.75 Å². The molecule has 2 rings (SSSR count). The molecule has 29 heavy (non-hydrogen) atoms. The summed E-state index contributed by atoms with van der Waals surface area (Å²) in [6, 6.07) is 5.42. The van der Waals surface area contributed by atoms with Crippen LogP contribution in [0.3, 0.4) is 0 Å². The molecule has 2 amide bonds. The second-order valence-electron chi connectivity index (χ2n) is 8.05. The zero-order valence-corrected chi connectivity index (χ0v) is 18.4. The van der Waals surface area contributed by atoms with Gasteiger partial charge in [-0.15, -0.1) is 0 Å². The Labute approximate surface area is 175 Å². The van der Waals surface area contributed by atoms with E-state index >= 15 is 0 Å². The Hall–Kier alpha value is -2.08. The number of carbonyl (C=O) groups excluding carboxylic acids is 2. The number of nitrogens with one attached hydrogen (secondary N) is 2. The Bertz CT molecular complexity index is 677. The summed E-state index contributed by atoms with van der Waals surface area (Å²) in [4.78, 5) is 27.5. The van der Waals surface area contributed by atoms with E-state index in [4.69, 9.17) is 4.74 Å². The van der Waals surface area contributed by atoms with E-state index in [2.05, 4.69) is 22.5 Å². The number of likely N-dealkylation sites (tertiary alicyclic amines) is 1. The smallest absolute Gasteiger partial charge is 0.241 e. The number of benzene rings is 1. The number of carbonyl (C=O) groups is 2. The molecule has 0 radical (unpaired) electrons. The first-order valence-electron chi connectivity index (χ1n) is 10.9. The number of amides is 2. The van der Waals surface area contributed by atoms with Crippen molar-refractivity contribution in [3.63, 3.8) is 0 Å². The molecule has 0 unspecified atom stereocenters. The summed E-state index contributed by atoms with van der Waals surface area (Å²) in [6.45, 7) is 8.28. The first kappa shape index (κ1) is 23.2. The summed E-state index contributed by atoms with van der Waals surface area (Å²) in [7, 11) is 1.60. The van der Waals surface area contributed by atoms with Crippen LogP contribution in [0.15, 0.2) is 18.2 Å². The van der Waals surface area contributed by atoms with Crippen molar-refractivity contribution < 1.29 is 14.3 Å². The SMILES string of the molecule is CCCCCCNC(=O)[C@@H]1CCCN([C@H](C)C(=O)Nc2cc(C)ccc2OC)C1. The molecule has 6 heteroatoms. The molecule has 2 atom stereocenters. The lowest BCUT2D eigenvalue weighted by molar-refractivity contribution is -0.129. The molecule has 1 saturated heterocycles. The number of ether oxygens (including phenoxy) is 1. The molecule has 1 fully saturated rings. The number of piperidine rings is 1. The molecule has 1 heterocycles. The number of anilines is 1. The average Bonchev–Trinajstić information content (AvgIpc) is 2.73. The van der Waals surface area contributed by atoms with Gasteiger partial charge >= 0.3 is 0 Å². The summed E-state index contributed by atoms with van der Waals surface area (Å²) in [5.41, 5.74) is 1.74. The van der Waals surface area contributed by atoms with Crippen molar-refractivity contribution >= 4 is 17.5 Å². The maximum atomic E-state index is 12.8. The summed E-state index contributed by atoms with van der Waals surface area (Å²) >= 11 is 0. The number of nitrogens with zero attached hydrogens (tertiary/aromatic N) is 1. The minimum absolute atomic E-state index is 0.0429. The molecule has 1 aliphatic heterocycles. The van der Waals surface area contributed by atoms with E-state index in [1.54, 1.807) is 7.11 Å². The van der Waals surface area contributed by atoms with Gasteiger partial charge in [0.15, 0.2) is 0 Å². The van der Waals surface area contributed by atoms with E-state index in [0.29, 0.717) is 18.0 Å². The molecule has 0 saturated carbocycles. The fourth-order valence-electron chi connectivity index (χ4n) is 3.80. The van der Waals surface area contributed by atoms with Gasteiger partial charge in [0.2, 0.25) is 11.8 Å². The van der Waals surface area contributed by atoms with Crippen LogP contribution in [0.2, 0.25) is 0 Å². The van der Waals surface area contributed by atoms with E-state index in [9.17, 15) is 9.59 Å². The first-order chi connectivity index (χ1) is 14.0. The van der Waals surface area contributed by atoms with Crippen molar-refractivity contribution in [1.82, 2.24) is 10.2 Å². The van der Waals surface area contributed by atoms with E-state index in [-0.39, 0.29) is 23.8 Å². The second-order valence-corrected chi connectivity index (χ2v) is 8.05. The van der Waals surface area contributed by atoms with Crippen LogP contribution in [0.25, 0.3) is 0 Å². The molecular formula is C23H37N3O3. The zero-order valence-electron chi connectivity index (χ0n) is 18.4. The highest BCUT2D eigenvalue weighted by atomic mass is 16.5. The molecule has 6 nitrogen and oxygen atoms in total. The molecule has 2 N–H and O–H groups in total. The van der Waals surface area contributed by atoms with Gasteiger partial charge in [0.05, 0.1) is 24.8 Å². The van der Waals surface area contributed by atoms with Crippen LogP contribution in [0, 0.1) is 12.8 Å². The highest BCUT2D eigenvalue weighted by Gasteiger charge is 2.31. The predicted molar refractivity (Wildman–Crippen MR) is 117 cm³/mol. The maximum absolute atomic E-state index is 12.8. The Morgan fingerprint density at radius 2 is 2.07 bits per heavy atom. The lowest BCUT2D eigenvalue weighted by Crippen LogP contribution is -2.50. The molecule has 0 aliphatic carbocycles. The fraction of sp³-hybridized carbons (Fsp3) is 0.652. The normalized spacial score (nSPS) is 18.1. The first-order valence-corrected chi connectivity index (χ1v) is 10.9. The van der Waals surface area contributed by atoms with Gasteiger partial charge < -0.3 is 15.4 Å². The average molecular weight is 404 g/mol. The van der Waals surface area contributed by atoms with Crippen LogP contribution in [-0.2, 0) is 9.59 Å². The summed E-state index contributed by atoms with van der Waals surface area (Å²) in [5.74, 6) is 0.655. The van der Waals surface area contributed by atoms with Gasteiger partial charge in [0.1, 0.15) is 5.75 Å². The van der Waals surface area contributed by atoms with Gasteiger partial charge in [-0.05, 0) is 57.4 Å². The number of unbranched alkanes of at least 4 members (excludes halogenated alkanes) is 3. The van der Waals surface area contributed by atoms with Crippen LogP contribution < -0.4 is 15.4 Å². The van der Waals surface area contributed by atoms with Gasteiger partial charge in [-0.3, -0.25) is 14.5 Å². The van der Waals surface area contributed by atoms with Gasteiger partial charge in [-0.2, -0.15) is 0 Å². The molecule has 1 aromatic carbocycles. The quantitative estimate of drug-likeness (QED) is 0.584. The van der Waals surface area contributed by atoms with Gasteiger partial charge in [0.25, 0.3) is 0 Å². The lowest BCUT2D eigenvalue weighted by Gasteiger charge is -2.35. The van der Waals surface area contributed by atoms with Crippen LogP contribution in [-0.4, -0.2) is 49.5 Å². The summed E-state index contributed by atoms with van der Waals surface area (Å²) in [5, 5.41) is 6.07. The fourth-order valence-corrected chi connectivity index (χ4v) is 3.80. The Kier molecular flexibility index (Phi) is 9.45. The van der Waals surface area contributed by atoms with E-state index in [1.807, 2.05) is 32.0 Å². The van der Waals surface area contributed by atoms with Gasteiger partial charge in [-0.1, -0.05) is 32.3 Å². The lowest BCUT2D eigenvalue weighted by atomic mass is 9.95. The summed E-state index contributed by atoms with van der Waals surface area (Å²) < 4.78 is 5.36. The highest BCUT2D eigenvalue weighted by Crippen LogP contribution is 2.26. The molecule has 162 valence electrons. The molecule has 1 aromatic rings.